The first-order valence-corrected chi connectivity index (χ1v) is 9.67. The van der Waals surface area contributed by atoms with Crippen molar-refractivity contribution in [1.82, 2.24) is 15.5 Å². The molecule has 0 saturated carbocycles. The molecule has 26 heavy (non-hydrogen) atoms. The predicted octanol–water partition coefficient (Wildman–Crippen LogP) is 1.32. The lowest BCUT2D eigenvalue weighted by molar-refractivity contribution is 0.0420. The maximum atomic E-state index is 5.77. The minimum atomic E-state index is 0. The van der Waals surface area contributed by atoms with Crippen LogP contribution in [0.25, 0.3) is 0 Å². The molecule has 0 aromatic carbocycles. The molecule has 0 spiro atoms. The lowest BCUT2D eigenvalue weighted by Gasteiger charge is -2.32. The Hall–Kier alpha value is -0.160. The van der Waals surface area contributed by atoms with Gasteiger partial charge >= 0.3 is 0 Å². The van der Waals surface area contributed by atoms with Crippen LogP contribution in [0.15, 0.2) is 4.99 Å². The lowest BCUT2D eigenvalue weighted by atomic mass is 9.97. The van der Waals surface area contributed by atoms with Gasteiger partial charge in [0.25, 0.3) is 0 Å². The first-order valence-electron chi connectivity index (χ1n) is 9.67. The van der Waals surface area contributed by atoms with Gasteiger partial charge in [0.05, 0.1) is 19.3 Å². The number of nitrogens with zero attached hydrogens (tertiary/aromatic N) is 2. The Morgan fingerprint density at radius 3 is 2.65 bits per heavy atom. The number of halogens is 1. The second-order valence-electron chi connectivity index (χ2n) is 6.87. The highest BCUT2D eigenvalue weighted by atomic mass is 127. The summed E-state index contributed by atoms with van der Waals surface area (Å²) in [4.78, 5) is 6.80. The number of likely N-dealkylation sites (tertiary alicyclic amines) is 1. The van der Waals surface area contributed by atoms with Crippen LogP contribution in [0.4, 0.5) is 0 Å². The summed E-state index contributed by atoms with van der Waals surface area (Å²) in [6.45, 7) is 8.46. The van der Waals surface area contributed by atoms with Gasteiger partial charge in [0.1, 0.15) is 0 Å². The summed E-state index contributed by atoms with van der Waals surface area (Å²) in [5, 5.41) is 6.84. The van der Waals surface area contributed by atoms with Gasteiger partial charge in [-0.15, -0.1) is 24.0 Å². The van der Waals surface area contributed by atoms with E-state index in [0.29, 0.717) is 6.10 Å². The van der Waals surface area contributed by atoms with Gasteiger partial charge < -0.3 is 29.7 Å². The largest absolute Gasteiger partial charge is 0.383 e. The zero-order chi connectivity index (χ0) is 17.7. The van der Waals surface area contributed by atoms with Crippen LogP contribution in [0, 0.1) is 5.92 Å². The van der Waals surface area contributed by atoms with Crippen LogP contribution in [0.1, 0.15) is 25.7 Å². The molecule has 2 N–H and O–H groups in total. The summed E-state index contributed by atoms with van der Waals surface area (Å²) < 4.78 is 16.2. The summed E-state index contributed by atoms with van der Waals surface area (Å²) in [6, 6.07) is 0. The highest BCUT2D eigenvalue weighted by molar-refractivity contribution is 14.0. The number of nitrogens with one attached hydrogen (secondary N) is 2. The fraction of sp³-hybridized carbons (Fsp3) is 0.944. The zero-order valence-corrected chi connectivity index (χ0v) is 18.7. The number of rotatable bonds is 10. The van der Waals surface area contributed by atoms with E-state index >= 15 is 0 Å². The van der Waals surface area contributed by atoms with Gasteiger partial charge in [-0.1, -0.05) is 0 Å². The van der Waals surface area contributed by atoms with Crippen molar-refractivity contribution in [3.63, 3.8) is 0 Å². The predicted molar refractivity (Wildman–Crippen MR) is 116 cm³/mol. The van der Waals surface area contributed by atoms with Crippen molar-refractivity contribution < 1.29 is 14.2 Å². The van der Waals surface area contributed by atoms with E-state index in [1.54, 1.807) is 7.11 Å². The van der Waals surface area contributed by atoms with Crippen molar-refractivity contribution in [2.24, 2.45) is 10.9 Å². The molecular weight excluding hydrogens is 447 g/mol. The highest BCUT2D eigenvalue weighted by Crippen LogP contribution is 2.15. The van der Waals surface area contributed by atoms with Crippen molar-refractivity contribution in [3.05, 3.63) is 0 Å². The molecule has 2 rings (SSSR count). The molecule has 2 aliphatic rings. The average Bonchev–Trinajstić information content (AvgIpc) is 3.16. The van der Waals surface area contributed by atoms with Gasteiger partial charge in [-0.3, -0.25) is 4.99 Å². The Labute approximate surface area is 175 Å². The molecular formula is C18H37IN4O3. The number of hydrogen-bond acceptors (Lipinski definition) is 5. The van der Waals surface area contributed by atoms with Gasteiger partial charge in [0.2, 0.25) is 0 Å². The number of methoxy groups -OCH3 is 1. The number of ether oxygens (including phenoxy) is 3. The minimum absolute atomic E-state index is 0. The fourth-order valence-corrected chi connectivity index (χ4v) is 3.27. The minimum Gasteiger partial charge on any atom is -0.383 e. The lowest BCUT2D eigenvalue weighted by Crippen LogP contribution is -2.43. The van der Waals surface area contributed by atoms with Crippen molar-refractivity contribution in [2.75, 3.05) is 73.3 Å². The maximum absolute atomic E-state index is 5.77. The Morgan fingerprint density at radius 1 is 1.19 bits per heavy atom. The molecule has 8 heteroatoms. The Kier molecular flexibility index (Phi) is 13.6. The molecule has 0 aromatic heterocycles. The van der Waals surface area contributed by atoms with E-state index in [4.69, 9.17) is 14.2 Å². The summed E-state index contributed by atoms with van der Waals surface area (Å²) in [5.41, 5.74) is 0. The number of piperidine rings is 1. The molecule has 2 saturated heterocycles. The molecule has 2 aliphatic heterocycles. The fourth-order valence-electron chi connectivity index (χ4n) is 3.27. The van der Waals surface area contributed by atoms with E-state index in [1.807, 2.05) is 7.05 Å². The standard InChI is InChI=1S/C18H36N4O3.HI/c1-19-18(20-7-3-11-25-17-6-12-24-15-17)21-14-16-4-8-22(9-5-16)10-13-23-2;/h16-17H,3-15H2,1-2H3,(H2,19,20,21);1H. The molecule has 1 atom stereocenters. The first kappa shape index (κ1) is 23.9. The van der Waals surface area contributed by atoms with Crippen molar-refractivity contribution in [2.45, 2.75) is 31.8 Å². The normalized spacial score (nSPS) is 22.2. The molecule has 1 unspecified atom stereocenters. The Balaban J connectivity index is 0.00000338. The summed E-state index contributed by atoms with van der Waals surface area (Å²) >= 11 is 0. The van der Waals surface area contributed by atoms with E-state index in [0.717, 1.165) is 70.8 Å². The molecule has 0 bridgehead atoms. The molecule has 2 fully saturated rings. The Morgan fingerprint density at radius 2 is 2.00 bits per heavy atom. The third-order valence-corrected chi connectivity index (χ3v) is 4.96. The van der Waals surface area contributed by atoms with E-state index in [1.165, 1.54) is 25.9 Å². The second-order valence-corrected chi connectivity index (χ2v) is 6.87. The maximum Gasteiger partial charge on any atom is 0.190 e. The van der Waals surface area contributed by atoms with Crippen LogP contribution in [-0.2, 0) is 14.2 Å². The van der Waals surface area contributed by atoms with Crippen LogP contribution in [0.2, 0.25) is 0 Å². The van der Waals surface area contributed by atoms with E-state index < -0.39 is 0 Å². The first-order chi connectivity index (χ1) is 12.3. The van der Waals surface area contributed by atoms with E-state index in [-0.39, 0.29) is 24.0 Å². The van der Waals surface area contributed by atoms with Crippen molar-refractivity contribution >= 4 is 29.9 Å². The second kappa shape index (κ2) is 14.8. The average molecular weight is 484 g/mol. The molecule has 0 aliphatic carbocycles. The van der Waals surface area contributed by atoms with E-state index in [9.17, 15) is 0 Å². The van der Waals surface area contributed by atoms with Crippen molar-refractivity contribution in [3.8, 4) is 0 Å². The summed E-state index contributed by atoms with van der Waals surface area (Å²) in [6.07, 6.45) is 4.79. The molecule has 7 nitrogen and oxygen atoms in total. The number of aliphatic imine (C=N–C) groups is 1. The van der Waals surface area contributed by atoms with Crippen LogP contribution < -0.4 is 10.6 Å². The van der Waals surface area contributed by atoms with Gasteiger partial charge in [0, 0.05) is 47.0 Å². The topological polar surface area (TPSA) is 67.4 Å². The van der Waals surface area contributed by atoms with Crippen molar-refractivity contribution in [1.29, 1.82) is 0 Å². The van der Waals surface area contributed by atoms with Crippen LogP contribution in [0.3, 0.4) is 0 Å². The van der Waals surface area contributed by atoms with Crippen LogP contribution >= 0.6 is 24.0 Å². The molecule has 0 amide bonds. The van der Waals surface area contributed by atoms with Gasteiger partial charge in [-0.2, -0.15) is 0 Å². The van der Waals surface area contributed by atoms with Crippen LogP contribution in [-0.4, -0.2) is 90.3 Å². The Bertz CT molecular complexity index is 373. The third-order valence-electron chi connectivity index (χ3n) is 4.96. The number of hydrogen-bond donors (Lipinski definition) is 2. The smallest absolute Gasteiger partial charge is 0.190 e. The van der Waals surface area contributed by atoms with E-state index in [2.05, 4.69) is 20.5 Å². The van der Waals surface area contributed by atoms with Gasteiger partial charge in [-0.05, 0) is 44.7 Å². The van der Waals surface area contributed by atoms with Crippen LogP contribution in [0.5, 0.6) is 0 Å². The molecule has 0 aromatic rings. The summed E-state index contributed by atoms with van der Waals surface area (Å²) in [7, 11) is 3.60. The highest BCUT2D eigenvalue weighted by Gasteiger charge is 2.19. The monoisotopic (exact) mass is 484 g/mol. The molecule has 2 heterocycles. The summed E-state index contributed by atoms with van der Waals surface area (Å²) in [5.74, 6) is 1.62. The van der Waals surface area contributed by atoms with Gasteiger partial charge in [-0.25, -0.2) is 0 Å². The molecule has 0 radical (unpaired) electrons. The number of guanidine groups is 1. The third kappa shape index (κ3) is 9.68. The zero-order valence-electron chi connectivity index (χ0n) is 16.4. The quantitative estimate of drug-likeness (QED) is 0.211. The van der Waals surface area contributed by atoms with Gasteiger partial charge in [0.15, 0.2) is 5.96 Å². The SMILES string of the molecule is CN=C(NCCCOC1CCOC1)NCC1CCN(CCOC)CC1.I. The molecule has 154 valence electrons.